The van der Waals surface area contributed by atoms with Crippen LogP contribution < -0.4 is 19.5 Å². The van der Waals surface area contributed by atoms with Gasteiger partial charge in [-0.25, -0.2) is 0 Å². The van der Waals surface area contributed by atoms with Gasteiger partial charge in [-0.2, -0.15) is 0 Å². The molecule has 0 spiro atoms. The lowest BCUT2D eigenvalue weighted by atomic mass is 10.1. The summed E-state index contributed by atoms with van der Waals surface area (Å²) in [6.45, 7) is 3.84. The van der Waals surface area contributed by atoms with Crippen LogP contribution in [0.25, 0.3) is 0 Å². The maximum Gasteiger partial charge on any atom is 0.220 e. The lowest BCUT2D eigenvalue weighted by Crippen LogP contribution is -2.24. The Hall–Kier alpha value is -3.02. The number of carbonyl (C=O) groups excluding carboxylic acids is 2. The zero-order chi connectivity index (χ0) is 19.1. The van der Waals surface area contributed by atoms with Crippen molar-refractivity contribution < 1.29 is 23.8 Å². The number of para-hydroxylation sites is 1. The van der Waals surface area contributed by atoms with E-state index < -0.39 is 0 Å². The number of rotatable bonds is 8. The molecule has 2 aromatic rings. The number of Topliss-reactive ketones (excluding diaryl/α,β-unsaturated/α-hetero) is 1. The molecular weight excluding hydrogens is 346 g/mol. The number of amides is 1. The maximum absolute atomic E-state index is 12.2. The molecule has 0 radical (unpaired) electrons. The zero-order valence-electron chi connectivity index (χ0n) is 15.3. The van der Waals surface area contributed by atoms with E-state index in [0.29, 0.717) is 43.4 Å². The van der Waals surface area contributed by atoms with Gasteiger partial charge in [0.2, 0.25) is 5.91 Å². The van der Waals surface area contributed by atoms with Crippen molar-refractivity contribution >= 4 is 11.7 Å². The summed E-state index contributed by atoms with van der Waals surface area (Å²) in [5.41, 5.74) is 1.44. The first kappa shape index (κ1) is 18.8. The van der Waals surface area contributed by atoms with E-state index in [9.17, 15) is 9.59 Å². The van der Waals surface area contributed by atoms with Crippen molar-refractivity contribution in [1.29, 1.82) is 0 Å². The molecule has 0 fully saturated rings. The highest BCUT2D eigenvalue weighted by Crippen LogP contribution is 2.33. The molecule has 27 heavy (non-hydrogen) atoms. The second-order valence-electron chi connectivity index (χ2n) is 6.10. The minimum absolute atomic E-state index is 0.0676. The van der Waals surface area contributed by atoms with Gasteiger partial charge in [0.15, 0.2) is 17.3 Å². The van der Waals surface area contributed by atoms with E-state index >= 15 is 0 Å². The third kappa shape index (κ3) is 5.00. The Kier molecular flexibility index (Phi) is 6.30. The second-order valence-corrected chi connectivity index (χ2v) is 6.10. The van der Waals surface area contributed by atoms with Gasteiger partial charge in [-0.3, -0.25) is 9.59 Å². The first-order valence-electron chi connectivity index (χ1n) is 9.07. The average Bonchev–Trinajstić information content (AvgIpc) is 2.71. The summed E-state index contributed by atoms with van der Waals surface area (Å²) in [6, 6.07) is 12.6. The molecule has 0 aromatic heterocycles. The van der Waals surface area contributed by atoms with Crippen LogP contribution in [-0.4, -0.2) is 31.5 Å². The van der Waals surface area contributed by atoms with Crippen LogP contribution in [-0.2, 0) is 11.3 Å². The summed E-state index contributed by atoms with van der Waals surface area (Å²) in [7, 11) is 0. The smallest absolute Gasteiger partial charge is 0.220 e. The van der Waals surface area contributed by atoms with Crippen LogP contribution in [0.2, 0.25) is 0 Å². The zero-order valence-corrected chi connectivity index (χ0v) is 15.3. The molecule has 1 N–H and O–H groups in total. The van der Waals surface area contributed by atoms with E-state index in [0.717, 1.165) is 11.3 Å². The first-order valence-corrected chi connectivity index (χ1v) is 9.07. The number of carbonyl (C=O) groups is 2. The van der Waals surface area contributed by atoms with Crippen molar-refractivity contribution in [2.75, 3.05) is 19.8 Å². The van der Waals surface area contributed by atoms with Crippen LogP contribution >= 0.6 is 0 Å². The number of ketones is 1. The third-order valence-electron chi connectivity index (χ3n) is 4.19. The van der Waals surface area contributed by atoms with Gasteiger partial charge in [-0.05, 0) is 37.3 Å². The molecular formula is C21H23NO5. The van der Waals surface area contributed by atoms with E-state index in [4.69, 9.17) is 14.2 Å². The fraction of sp³-hybridized carbons (Fsp3) is 0.333. The quantitative estimate of drug-likeness (QED) is 0.724. The fourth-order valence-electron chi connectivity index (χ4n) is 2.83. The predicted molar refractivity (Wildman–Crippen MR) is 100 cm³/mol. The number of hydrogen-bond acceptors (Lipinski definition) is 5. The highest BCUT2D eigenvalue weighted by molar-refractivity contribution is 5.98. The Morgan fingerprint density at radius 3 is 2.59 bits per heavy atom. The van der Waals surface area contributed by atoms with E-state index in [2.05, 4.69) is 5.32 Å². The molecule has 0 atom stereocenters. The lowest BCUT2D eigenvalue weighted by Gasteiger charge is -2.21. The molecule has 0 saturated heterocycles. The first-order chi connectivity index (χ1) is 13.2. The lowest BCUT2D eigenvalue weighted by molar-refractivity contribution is -0.121. The number of hydrogen-bond donors (Lipinski definition) is 1. The standard InChI is InChI=1S/C21H23NO5/c1-2-25-17-8-6-15(7-9-17)18(23)10-11-20(24)22-14-16-4-3-5-19-21(16)27-13-12-26-19/h3-9H,2,10-14H2,1H3,(H,22,24). The highest BCUT2D eigenvalue weighted by Gasteiger charge is 2.16. The normalized spacial score (nSPS) is 12.3. The molecule has 1 heterocycles. The van der Waals surface area contributed by atoms with Crippen LogP contribution in [0.4, 0.5) is 0 Å². The van der Waals surface area contributed by atoms with Crippen LogP contribution in [0.3, 0.4) is 0 Å². The minimum atomic E-state index is -0.177. The van der Waals surface area contributed by atoms with Gasteiger partial charge in [0.05, 0.1) is 6.61 Å². The molecule has 142 valence electrons. The molecule has 6 heteroatoms. The number of nitrogens with one attached hydrogen (secondary N) is 1. The Labute approximate surface area is 158 Å². The summed E-state index contributed by atoms with van der Waals surface area (Å²) in [6.07, 6.45) is 0.296. The van der Waals surface area contributed by atoms with Gasteiger partial charge in [0.25, 0.3) is 0 Å². The monoisotopic (exact) mass is 369 g/mol. The molecule has 1 amide bonds. The second kappa shape index (κ2) is 9.07. The largest absolute Gasteiger partial charge is 0.494 e. The molecule has 2 aromatic carbocycles. The van der Waals surface area contributed by atoms with Gasteiger partial charge >= 0.3 is 0 Å². The molecule has 3 rings (SSSR count). The average molecular weight is 369 g/mol. The molecule has 0 unspecified atom stereocenters. The van der Waals surface area contributed by atoms with E-state index in [1.54, 1.807) is 24.3 Å². The highest BCUT2D eigenvalue weighted by atomic mass is 16.6. The van der Waals surface area contributed by atoms with Gasteiger partial charge in [-0.15, -0.1) is 0 Å². The molecule has 1 aliphatic rings. The Morgan fingerprint density at radius 1 is 1.04 bits per heavy atom. The maximum atomic E-state index is 12.2. The van der Waals surface area contributed by atoms with E-state index in [1.165, 1.54) is 0 Å². The van der Waals surface area contributed by atoms with Crippen molar-refractivity contribution in [2.24, 2.45) is 0 Å². The van der Waals surface area contributed by atoms with Crippen molar-refractivity contribution in [2.45, 2.75) is 26.3 Å². The van der Waals surface area contributed by atoms with Crippen LogP contribution in [0.5, 0.6) is 17.2 Å². The SMILES string of the molecule is CCOc1ccc(C(=O)CCC(=O)NCc2cccc3c2OCCO3)cc1. The Bertz CT molecular complexity index is 801. The number of ether oxygens (including phenoxy) is 3. The number of benzene rings is 2. The van der Waals surface area contributed by atoms with Crippen molar-refractivity contribution in [3.05, 3.63) is 53.6 Å². The Morgan fingerprint density at radius 2 is 1.81 bits per heavy atom. The summed E-state index contributed by atoms with van der Waals surface area (Å²) in [5.74, 6) is 1.85. The summed E-state index contributed by atoms with van der Waals surface area (Å²) >= 11 is 0. The third-order valence-corrected chi connectivity index (χ3v) is 4.19. The summed E-state index contributed by atoms with van der Waals surface area (Å²) < 4.78 is 16.5. The van der Waals surface area contributed by atoms with E-state index in [1.807, 2.05) is 25.1 Å². The topological polar surface area (TPSA) is 73.9 Å². The summed E-state index contributed by atoms with van der Waals surface area (Å²) in [5, 5.41) is 2.84. The number of fused-ring (bicyclic) bond motifs is 1. The van der Waals surface area contributed by atoms with Gasteiger partial charge in [-0.1, -0.05) is 12.1 Å². The van der Waals surface area contributed by atoms with Gasteiger partial charge in [0.1, 0.15) is 19.0 Å². The van der Waals surface area contributed by atoms with Crippen molar-refractivity contribution in [3.63, 3.8) is 0 Å². The van der Waals surface area contributed by atoms with Crippen molar-refractivity contribution in [3.8, 4) is 17.2 Å². The molecule has 1 aliphatic heterocycles. The molecule has 0 saturated carbocycles. The minimum Gasteiger partial charge on any atom is -0.494 e. The fourth-order valence-corrected chi connectivity index (χ4v) is 2.83. The molecule has 0 bridgehead atoms. The van der Waals surface area contributed by atoms with Gasteiger partial charge in [0, 0.05) is 30.5 Å². The predicted octanol–water partition coefficient (Wildman–Crippen LogP) is 3.14. The van der Waals surface area contributed by atoms with E-state index in [-0.39, 0.29) is 24.5 Å². The summed E-state index contributed by atoms with van der Waals surface area (Å²) in [4.78, 5) is 24.3. The van der Waals surface area contributed by atoms with Crippen LogP contribution in [0.1, 0.15) is 35.7 Å². The van der Waals surface area contributed by atoms with Crippen LogP contribution in [0, 0.1) is 0 Å². The molecule has 0 aliphatic carbocycles. The van der Waals surface area contributed by atoms with Crippen LogP contribution in [0.15, 0.2) is 42.5 Å². The van der Waals surface area contributed by atoms with Gasteiger partial charge < -0.3 is 19.5 Å². The Balaban J connectivity index is 1.48. The molecule has 6 nitrogen and oxygen atoms in total. The van der Waals surface area contributed by atoms with Crippen molar-refractivity contribution in [1.82, 2.24) is 5.32 Å².